The van der Waals surface area contributed by atoms with Gasteiger partial charge in [0.15, 0.2) is 0 Å². The Labute approximate surface area is 93.7 Å². The zero-order valence-electron chi connectivity index (χ0n) is 8.87. The van der Waals surface area contributed by atoms with E-state index in [0.717, 1.165) is 11.1 Å². The molecule has 0 aliphatic rings. The first kappa shape index (κ1) is 11.7. The van der Waals surface area contributed by atoms with Crippen molar-refractivity contribution in [3.8, 4) is 0 Å². The Balaban J connectivity index is 2.99. The first-order chi connectivity index (χ1) is 7.00. The van der Waals surface area contributed by atoms with Crippen molar-refractivity contribution < 1.29 is 9.63 Å². The average molecular weight is 226 g/mol. The van der Waals surface area contributed by atoms with Crippen LogP contribution >= 0.6 is 11.6 Å². The summed E-state index contributed by atoms with van der Waals surface area (Å²) < 4.78 is 0. The smallest absolute Gasteiger partial charge is 0.318 e. The second-order valence-corrected chi connectivity index (χ2v) is 3.66. The normalized spacial score (nSPS) is 11.3. The largest absolute Gasteiger partial charge is 0.331 e. The van der Waals surface area contributed by atoms with E-state index in [-0.39, 0.29) is 0 Å². The number of benzene rings is 1. The highest BCUT2D eigenvalue weighted by Gasteiger charge is 2.04. The van der Waals surface area contributed by atoms with Crippen molar-refractivity contribution in [3.05, 3.63) is 34.3 Å². The van der Waals surface area contributed by atoms with E-state index >= 15 is 0 Å². The second kappa shape index (κ2) is 4.94. The van der Waals surface area contributed by atoms with Gasteiger partial charge in [-0.05, 0) is 31.5 Å². The molecule has 0 amide bonds. The third kappa shape index (κ3) is 3.36. The standard InChI is InChI=1S/C11H12ClNO2/c1-7-4-5-10(12)6-11(7)8(2)13-15-9(3)14/h4-6H,1-3H3/b13-8+. The van der Waals surface area contributed by atoms with Crippen molar-refractivity contribution in [3.63, 3.8) is 0 Å². The molecule has 4 heteroatoms. The van der Waals surface area contributed by atoms with E-state index < -0.39 is 5.97 Å². The first-order valence-electron chi connectivity index (χ1n) is 4.49. The van der Waals surface area contributed by atoms with Crippen molar-refractivity contribution in [2.24, 2.45) is 5.16 Å². The number of halogens is 1. The van der Waals surface area contributed by atoms with Gasteiger partial charge in [-0.15, -0.1) is 0 Å². The molecule has 0 atom stereocenters. The van der Waals surface area contributed by atoms with E-state index in [1.54, 1.807) is 19.1 Å². The molecule has 1 aromatic carbocycles. The van der Waals surface area contributed by atoms with E-state index in [0.29, 0.717) is 10.7 Å². The minimum absolute atomic E-state index is 0.436. The Bertz CT molecular complexity index is 413. The molecule has 0 saturated heterocycles. The number of aryl methyl sites for hydroxylation is 1. The van der Waals surface area contributed by atoms with Gasteiger partial charge in [-0.2, -0.15) is 0 Å². The Morgan fingerprint density at radius 2 is 2.07 bits per heavy atom. The number of carbonyl (C=O) groups is 1. The molecule has 0 N–H and O–H groups in total. The molecular formula is C11H12ClNO2. The van der Waals surface area contributed by atoms with Crippen molar-refractivity contribution in [2.75, 3.05) is 0 Å². The number of hydrogen-bond acceptors (Lipinski definition) is 3. The number of oxime groups is 1. The van der Waals surface area contributed by atoms with Gasteiger partial charge in [0.25, 0.3) is 0 Å². The maximum absolute atomic E-state index is 10.6. The molecule has 0 unspecified atom stereocenters. The quantitative estimate of drug-likeness (QED) is 0.441. The molecule has 80 valence electrons. The third-order valence-electron chi connectivity index (χ3n) is 1.90. The van der Waals surface area contributed by atoms with E-state index in [2.05, 4.69) is 9.99 Å². The van der Waals surface area contributed by atoms with Crippen molar-refractivity contribution in [1.29, 1.82) is 0 Å². The molecule has 0 aromatic heterocycles. The molecule has 15 heavy (non-hydrogen) atoms. The Hall–Kier alpha value is -1.35. The summed E-state index contributed by atoms with van der Waals surface area (Å²) in [7, 11) is 0. The minimum atomic E-state index is -0.436. The van der Waals surface area contributed by atoms with Crippen molar-refractivity contribution in [2.45, 2.75) is 20.8 Å². The summed E-state index contributed by atoms with van der Waals surface area (Å²) in [6, 6.07) is 5.49. The van der Waals surface area contributed by atoms with Crippen LogP contribution in [0.25, 0.3) is 0 Å². The van der Waals surface area contributed by atoms with Crippen molar-refractivity contribution >= 4 is 23.3 Å². The van der Waals surface area contributed by atoms with Crippen LogP contribution in [0, 0.1) is 6.92 Å². The highest BCUT2D eigenvalue weighted by molar-refractivity contribution is 6.31. The lowest BCUT2D eigenvalue weighted by Gasteiger charge is -2.04. The van der Waals surface area contributed by atoms with Gasteiger partial charge in [-0.3, -0.25) is 0 Å². The molecule has 1 aromatic rings. The number of hydrogen-bond donors (Lipinski definition) is 0. The lowest BCUT2D eigenvalue weighted by molar-refractivity contribution is -0.140. The van der Waals surface area contributed by atoms with Crippen LogP contribution in [-0.4, -0.2) is 11.7 Å². The molecule has 0 fully saturated rings. The summed E-state index contributed by atoms with van der Waals surface area (Å²) in [5.74, 6) is -0.436. The molecule has 0 aliphatic heterocycles. The first-order valence-corrected chi connectivity index (χ1v) is 4.87. The van der Waals surface area contributed by atoms with Gasteiger partial charge in [0.1, 0.15) is 0 Å². The van der Waals surface area contributed by atoms with Gasteiger partial charge >= 0.3 is 5.97 Å². The number of rotatable bonds is 2. The summed E-state index contributed by atoms with van der Waals surface area (Å²) in [5.41, 5.74) is 2.54. The second-order valence-electron chi connectivity index (χ2n) is 3.22. The Morgan fingerprint density at radius 1 is 1.40 bits per heavy atom. The monoisotopic (exact) mass is 225 g/mol. The van der Waals surface area contributed by atoms with Crippen LogP contribution in [0.4, 0.5) is 0 Å². The average Bonchev–Trinajstić information content (AvgIpc) is 2.18. The summed E-state index contributed by atoms with van der Waals surface area (Å²) in [4.78, 5) is 15.1. The topological polar surface area (TPSA) is 38.7 Å². The van der Waals surface area contributed by atoms with Gasteiger partial charge in [0.05, 0.1) is 5.71 Å². The van der Waals surface area contributed by atoms with Crippen molar-refractivity contribution in [1.82, 2.24) is 0 Å². The molecule has 0 aliphatic carbocycles. The fraction of sp³-hybridized carbons (Fsp3) is 0.273. The van der Waals surface area contributed by atoms with E-state index in [9.17, 15) is 4.79 Å². The van der Waals surface area contributed by atoms with Gasteiger partial charge in [0, 0.05) is 17.5 Å². The van der Waals surface area contributed by atoms with Crippen LogP contribution in [0.15, 0.2) is 23.4 Å². The van der Waals surface area contributed by atoms with E-state index in [4.69, 9.17) is 11.6 Å². The summed E-state index contributed by atoms with van der Waals surface area (Å²) >= 11 is 5.86. The lowest BCUT2D eigenvalue weighted by atomic mass is 10.1. The van der Waals surface area contributed by atoms with Crippen LogP contribution in [0.3, 0.4) is 0 Å². The fourth-order valence-electron chi connectivity index (χ4n) is 1.17. The SMILES string of the molecule is CC(=O)O/N=C(\C)c1cc(Cl)ccc1C. The predicted molar refractivity (Wildman–Crippen MR) is 60.2 cm³/mol. The molecule has 0 bridgehead atoms. The van der Waals surface area contributed by atoms with Gasteiger partial charge in [-0.25, -0.2) is 4.79 Å². The maximum atomic E-state index is 10.6. The lowest BCUT2D eigenvalue weighted by Crippen LogP contribution is -2.01. The highest BCUT2D eigenvalue weighted by Crippen LogP contribution is 2.16. The summed E-state index contributed by atoms with van der Waals surface area (Å²) in [6.07, 6.45) is 0. The predicted octanol–water partition coefficient (Wildman–Crippen LogP) is 2.94. The van der Waals surface area contributed by atoms with Crippen LogP contribution in [0.2, 0.25) is 5.02 Å². The maximum Gasteiger partial charge on any atom is 0.331 e. The van der Waals surface area contributed by atoms with Crippen LogP contribution in [-0.2, 0) is 9.63 Å². The molecule has 0 saturated carbocycles. The molecular weight excluding hydrogens is 214 g/mol. The van der Waals surface area contributed by atoms with E-state index in [1.165, 1.54) is 6.92 Å². The van der Waals surface area contributed by atoms with Gasteiger partial charge in [-0.1, -0.05) is 22.8 Å². The summed E-state index contributed by atoms with van der Waals surface area (Å²) in [5, 5.41) is 4.34. The molecule has 3 nitrogen and oxygen atoms in total. The Morgan fingerprint density at radius 3 is 2.67 bits per heavy atom. The van der Waals surface area contributed by atoms with Crippen LogP contribution < -0.4 is 0 Å². The highest BCUT2D eigenvalue weighted by atomic mass is 35.5. The zero-order chi connectivity index (χ0) is 11.4. The van der Waals surface area contributed by atoms with Crippen LogP contribution in [0.1, 0.15) is 25.0 Å². The zero-order valence-corrected chi connectivity index (χ0v) is 9.63. The fourth-order valence-corrected chi connectivity index (χ4v) is 1.34. The molecule has 1 rings (SSSR count). The number of carbonyl (C=O) groups excluding carboxylic acids is 1. The molecule has 0 radical (unpaired) electrons. The van der Waals surface area contributed by atoms with Gasteiger partial charge < -0.3 is 4.84 Å². The third-order valence-corrected chi connectivity index (χ3v) is 2.14. The summed E-state index contributed by atoms with van der Waals surface area (Å²) in [6.45, 7) is 5.02. The Kier molecular flexibility index (Phi) is 3.86. The molecule has 0 spiro atoms. The van der Waals surface area contributed by atoms with E-state index in [1.807, 2.05) is 13.0 Å². The van der Waals surface area contributed by atoms with Gasteiger partial charge in [0.2, 0.25) is 0 Å². The molecule has 0 heterocycles. The van der Waals surface area contributed by atoms with Crippen LogP contribution in [0.5, 0.6) is 0 Å². The number of nitrogens with zero attached hydrogens (tertiary/aromatic N) is 1. The minimum Gasteiger partial charge on any atom is -0.318 e.